The Kier molecular flexibility index (Phi) is 3.47. The molecule has 0 amide bonds. The van der Waals surface area contributed by atoms with Crippen LogP contribution in [0.15, 0.2) is 10.4 Å². The van der Waals surface area contributed by atoms with Gasteiger partial charge in [-0.3, -0.25) is 0 Å². The molecule has 0 nitrogen and oxygen atoms in total. The zero-order valence-electron chi connectivity index (χ0n) is 10.9. The molecule has 1 atom stereocenters. The lowest BCUT2D eigenvalue weighted by molar-refractivity contribution is 0.473. The maximum Gasteiger partial charge on any atom is 0.0635 e. The van der Waals surface area contributed by atoms with Crippen LogP contribution >= 0.6 is 0 Å². The van der Waals surface area contributed by atoms with Gasteiger partial charge in [-0.2, -0.15) is 0 Å². The van der Waals surface area contributed by atoms with Crippen molar-refractivity contribution in [3.8, 4) is 0 Å². The molecule has 0 aromatic rings. The van der Waals surface area contributed by atoms with Gasteiger partial charge < -0.3 is 0 Å². The molecule has 0 aromatic carbocycles. The Bertz CT molecular complexity index is 230. The molecule has 0 aromatic heterocycles. The summed E-state index contributed by atoms with van der Waals surface area (Å²) in [7, 11) is -1.04. The van der Waals surface area contributed by atoms with Gasteiger partial charge in [-0.25, -0.2) is 0 Å². The summed E-state index contributed by atoms with van der Waals surface area (Å²) in [6.07, 6.45) is 0. The van der Waals surface area contributed by atoms with Gasteiger partial charge >= 0.3 is 0 Å². The summed E-state index contributed by atoms with van der Waals surface area (Å²) >= 11 is 0. The van der Waals surface area contributed by atoms with Crippen LogP contribution in [0.25, 0.3) is 0 Å². The Hall–Kier alpha value is 0.174. The van der Waals surface area contributed by atoms with Gasteiger partial charge in [0.25, 0.3) is 0 Å². The van der Waals surface area contributed by atoms with Crippen molar-refractivity contribution in [3.05, 3.63) is 10.4 Å². The lowest BCUT2D eigenvalue weighted by Crippen LogP contribution is -2.44. The molecule has 1 unspecified atom stereocenters. The molecule has 0 aliphatic carbocycles. The third kappa shape index (κ3) is 2.06. The molecule has 0 N–H and O–H groups in total. The molecule has 1 fully saturated rings. The monoisotopic (exact) mass is 226 g/mol. The lowest BCUT2D eigenvalue weighted by Gasteiger charge is -2.47. The van der Waals surface area contributed by atoms with E-state index in [1.54, 1.807) is 0 Å². The standard InChI is InChI=1S/C12H26Si2/c1-9(2)10(13(5)6)11-12(3,4)8-14(11)7/h9,13-14H,8H2,1-7H3/b11-10+. The van der Waals surface area contributed by atoms with Crippen molar-refractivity contribution in [3.63, 3.8) is 0 Å². The number of hydrogen-bond donors (Lipinski definition) is 0. The fourth-order valence-electron chi connectivity index (χ4n) is 3.48. The van der Waals surface area contributed by atoms with E-state index in [0.717, 1.165) is 5.92 Å². The molecule has 1 aliphatic rings. The Balaban J connectivity index is 3.10. The molecule has 1 aliphatic heterocycles. The fourth-order valence-corrected chi connectivity index (χ4v) is 11.6. The highest BCUT2D eigenvalue weighted by molar-refractivity contribution is 6.74. The highest BCUT2D eigenvalue weighted by atomic mass is 28.3. The minimum atomic E-state index is -0.574. The predicted octanol–water partition coefficient (Wildman–Crippen LogP) is 3.40. The zero-order valence-corrected chi connectivity index (χ0v) is 13.2. The number of allylic oxidation sites excluding steroid dienone is 2. The molecule has 0 bridgehead atoms. The lowest BCUT2D eigenvalue weighted by atomic mass is 9.91. The molecule has 14 heavy (non-hydrogen) atoms. The maximum absolute atomic E-state index is 2.54. The third-order valence-electron chi connectivity index (χ3n) is 3.59. The summed E-state index contributed by atoms with van der Waals surface area (Å²) in [5.74, 6) is 0.811. The van der Waals surface area contributed by atoms with Crippen LogP contribution in [0.2, 0.25) is 25.7 Å². The predicted molar refractivity (Wildman–Crippen MR) is 72.3 cm³/mol. The Labute approximate surface area is 93.0 Å². The van der Waals surface area contributed by atoms with Crippen molar-refractivity contribution in [2.45, 2.75) is 53.4 Å². The van der Waals surface area contributed by atoms with Crippen LogP contribution in [-0.2, 0) is 0 Å². The highest BCUT2D eigenvalue weighted by Gasteiger charge is 2.42. The normalized spacial score (nSPS) is 29.4. The highest BCUT2D eigenvalue weighted by Crippen LogP contribution is 2.48. The molecule has 2 heteroatoms. The summed E-state index contributed by atoms with van der Waals surface area (Å²) in [5, 5.41) is 3.87. The molecule has 0 saturated carbocycles. The van der Waals surface area contributed by atoms with Gasteiger partial charge in [-0.05, 0) is 17.4 Å². The van der Waals surface area contributed by atoms with Crippen LogP contribution in [0.3, 0.4) is 0 Å². The van der Waals surface area contributed by atoms with Crippen LogP contribution < -0.4 is 0 Å². The first-order chi connectivity index (χ1) is 6.27. The SMILES string of the molecule is CC(C)/C(=C1\[SiH](C)CC1(C)C)[SiH](C)C. The smallest absolute Gasteiger partial charge is 0.0635 e. The first-order valence-electron chi connectivity index (χ1n) is 6.01. The van der Waals surface area contributed by atoms with Gasteiger partial charge in [0, 0.05) is 0 Å². The maximum atomic E-state index is 2.54. The van der Waals surface area contributed by atoms with E-state index < -0.39 is 17.6 Å². The molecule has 1 rings (SSSR count). The minimum absolute atomic E-state index is 0.465. The zero-order chi connectivity index (χ0) is 11.1. The molecule has 0 radical (unpaired) electrons. The minimum Gasteiger partial charge on any atom is -0.0864 e. The largest absolute Gasteiger partial charge is 0.0864 e. The Morgan fingerprint density at radius 2 is 1.86 bits per heavy atom. The van der Waals surface area contributed by atoms with E-state index in [-0.39, 0.29) is 0 Å². The first kappa shape index (κ1) is 12.2. The van der Waals surface area contributed by atoms with E-state index in [1.807, 2.05) is 10.4 Å². The molecule has 1 heterocycles. The summed E-state index contributed by atoms with van der Waals surface area (Å²) in [5.41, 5.74) is 0.572. The van der Waals surface area contributed by atoms with Crippen molar-refractivity contribution < 1.29 is 0 Å². The van der Waals surface area contributed by atoms with Crippen molar-refractivity contribution in [2.75, 3.05) is 0 Å². The second-order valence-electron chi connectivity index (χ2n) is 6.17. The van der Waals surface area contributed by atoms with E-state index in [4.69, 9.17) is 0 Å². The van der Waals surface area contributed by atoms with Crippen LogP contribution in [0.5, 0.6) is 0 Å². The Morgan fingerprint density at radius 3 is 2.00 bits per heavy atom. The van der Waals surface area contributed by atoms with E-state index >= 15 is 0 Å². The fraction of sp³-hybridized carbons (Fsp3) is 0.833. The van der Waals surface area contributed by atoms with Crippen molar-refractivity contribution in [1.82, 2.24) is 0 Å². The second-order valence-corrected chi connectivity index (χ2v) is 11.9. The first-order valence-corrected chi connectivity index (χ1v) is 11.4. The van der Waals surface area contributed by atoms with Crippen LogP contribution in [-0.4, -0.2) is 17.6 Å². The average Bonchev–Trinajstić information content (AvgIpc) is 1.97. The quantitative estimate of drug-likeness (QED) is 0.633. The second kappa shape index (κ2) is 3.97. The summed E-state index contributed by atoms with van der Waals surface area (Å²) in [6.45, 7) is 17.2. The van der Waals surface area contributed by atoms with E-state index in [1.165, 1.54) is 6.04 Å². The van der Waals surface area contributed by atoms with Crippen molar-refractivity contribution >= 4 is 17.6 Å². The number of hydrogen-bond acceptors (Lipinski definition) is 0. The van der Waals surface area contributed by atoms with E-state index in [2.05, 4.69) is 47.3 Å². The molecular formula is C12H26Si2. The van der Waals surface area contributed by atoms with Gasteiger partial charge in [0.05, 0.1) is 17.6 Å². The molecule has 1 saturated heterocycles. The summed E-state index contributed by atoms with van der Waals surface area (Å²) in [6, 6.07) is 1.53. The van der Waals surface area contributed by atoms with Gasteiger partial charge in [0.15, 0.2) is 0 Å². The average molecular weight is 227 g/mol. The van der Waals surface area contributed by atoms with Crippen LogP contribution in [0, 0.1) is 11.3 Å². The van der Waals surface area contributed by atoms with Crippen LogP contribution in [0.4, 0.5) is 0 Å². The third-order valence-corrected chi connectivity index (χ3v) is 9.88. The number of rotatable bonds is 2. The van der Waals surface area contributed by atoms with Crippen LogP contribution in [0.1, 0.15) is 27.7 Å². The molecular weight excluding hydrogens is 200 g/mol. The van der Waals surface area contributed by atoms with Crippen molar-refractivity contribution in [2.24, 2.45) is 11.3 Å². The summed E-state index contributed by atoms with van der Waals surface area (Å²) in [4.78, 5) is 0. The molecule has 0 spiro atoms. The van der Waals surface area contributed by atoms with Gasteiger partial charge in [-0.15, -0.1) is 0 Å². The Morgan fingerprint density at radius 1 is 1.36 bits per heavy atom. The van der Waals surface area contributed by atoms with Gasteiger partial charge in [0.1, 0.15) is 0 Å². The van der Waals surface area contributed by atoms with E-state index in [9.17, 15) is 0 Å². The van der Waals surface area contributed by atoms with Gasteiger partial charge in [-0.1, -0.05) is 57.7 Å². The van der Waals surface area contributed by atoms with E-state index in [0.29, 0.717) is 5.41 Å². The van der Waals surface area contributed by atoms with Gasteiger partial charge in [0.2, 0.25) is 0 Å². The molecule has 82 valence electrons. The summed E-state index contributed by atoms with van der Waals surface area (Å²) < 4.78 is 0. The topological polar surface area (TPSA) is 0 Å². The van der Waals surface area contributed by atoms with Crippen molar-refractivity contribution in [1.29, 1.82) is 0 Å².